The van der Waals surface area contributed by atoms with Gasteiger partial charge in [0, 0.05) is 6.42 Å². The molecular weight excluding hydrogens is 274 g/mol. The van der Waals surface area contributed by atoms with Gasteiger partial charge in [0.1, 0.15) is 11.9 Å². The second-order valence-corrected chi connectivity index (χ2v) is 5.19. The number of fused-ring (bicyclic) bond motifs is 1. The highest BCUT2D eigenvalue weighted by molar-refractivity contribution is 5.37. The Kier molecular flexibility index (Phi) is 3.86. The predicted octanol–water partition coefficient (Wildman–Crippen LogP) is 2.34. The molecule has 0 aromatic heterocycles. The zero-order valence-electron chi connectivity index (χ0n) is 11.4. The minimum atomic E-state index is -0.848. The van der Waals surface area contributed by atoms with Crippen LogP contribution in [0.1, 0.15) is 11.1 Å². The number of nitrogens with two attached hydrogens (primary N) is 1. The van der Waals surface area contributed by atoms with Gasteiger partial charge in [0.05, 0.1) is 6.04 Å². The van der Waals surface area contributed by atoms with E-state index >= 15 is 0 Å². The summed E-state index contributed by atoms with van der Waals surface area (Å²) in [5.74, 6) is 4.77. The van der Waals surface area contributed by atoms with Gasteiger partial charge >= 0.3 is 0 Å². The monoisotopic (exact) mass is 290 g/mol. The van der Waals surface area contributed by atoms with Crippen molar-refractivity contribution in [3.05, 3.63) is 65.2 Å². The summed E-state index contributed by atoms with van der Waals surface area (Å²) >= 11 is 0. The minimum absolute atomic E-state index is 0.125. The fourth-order valence-corrected chi connectivity index (χ4v) is 2.65. The molecule has 0 spiro atoms. The summed E-state index contributed by atoms with van der Waals surface area (Å²) in [6, 6.07) is 11.5. The molecule has 2 aromatic carbocycles. The number of para-hydroxylation sites is 1. The van der Waals surface area contributed by atoms with E-state index < -0.39 is 11.6 Å². The van der Waals surface area contributed by atoms with Crippen molar-refractivity contribution >= 4 is 0 Å². The molecule has 0 bridgehead atoms. The average molecular weight is 290 g/mol. The number of hydrazine groups is 1. The Hall–Kier alpha value is -1.98. The standard InChI is InChI=1S/C16H16F2N2O/c17-12-6-5-10(7-13(12)18)8-14(20-19)16-9-11-3-1-2-4-15(11)21-16/h1-7,14,16,20H,8-9,19H2. The van der Waals surface area contributed by atoms with Gasteiger partial charge in [-0.15, -0.1) is 0 Å². The number of benzene rings is 2. The normalized spacial score (nSPS) is 18.1. The molecule has 0 fully saturated rings. The van der Waals surface area contributed by atoms with E-state index in [1.54, 1.807) is 6.07 Å². The van der Waals surface area contributed by atoms with Gasteiger partial charge in [0.2, 0.25) is 0 Å². The van der Waals surface area contributed by atoms with E-state index in [0.29, 0.717) is 12.0 Å². The Morgan fingerprint density at radius 1 is 1.19 bits per heavy atom. The van der Waals surface area contributed by atoms with Crippen molar-refractivity contribution in [3.8, 4) is 5.75 Å². The third-order valence-electron chi connectivity index (χ3n) is 3.77. The molecule has 0 amide bonds. The van der Waals surface area contributed by atoms with E-state index in [1.165, 1.54) is 6.07 Å². The van der Waals surface area contributed by atoms with Crippen molar-refractivity contribution in [2.24, 2.45) is 5.84 Å². The van der Waals surface area contributed by atoms with Crippen molar-refractivity contribution in [1.29, 1.82) is 0 Å². The highest BCUT2D eigenvalue weighted by Crippen LogP contribution is 2.30. The van der Waals surface area contributed by atoms with Crippen LogP contribution in [0.25, 0.3) is 0 Å². The maximum atomic E-state index is 13.3. The molecule has 1 heterocycles. The third-order valence-corrected chi connectivity index (χ3v) is 3.77. The molecule has 2 unspecified atom stereocenters. The minimum Gasteiger partial charge on any atom is -0.488 e. The molecule has 0 radical (unpaired) electrons. The quantitative estimate of drug-likeness (QED) is 0.671. The molecule has 1 aliphatic heterocycles. The smallest absolute Gasteiger partial charge is 0.159 e. The molecule has 3 N–H and O–H groups in total. The Bertz CT molecular complexity index is 623. The summed E-state index contributed by atoms with van der Waals surface area (Å²) in [4.78, 5) is 0. The van der Waals surface area contributed by atoms with Crippen LogP contribution in [0.2, 0.25) is 0 Å². The highest BCUT2D eigenvalue weighted by atomic mass is 19.2. The van der Waals surface area contributed by atoms with Gasteiger partial charge in [0.15, 0.2) is 11.6 Å². The fourth-order valence-electron chi connectivity index (χ4n) is 2.65. The maximum Gasteiger partial charge on any atom is 0.159 e. The van der Waals surface area contributed by atoms with Crippen LogP contribution in [0.15, 0.2) is 42.5 Å². The van der Waals surface area contributed by atoms with Crippen LogP contribution in [0.5, 0.6) is 5.75 Å². The lowest BCUT2D eigenvalue weighted by atomic mass is 9.98. The van der Waals surface area contributed by atoms with Gasteiger partial charge < -0.3 is 4.74 Å². The third kappa shape index (κ3) is 2.89. The SMILES string of the molecule is NNC(Cc1ccc(F)c(F)c1)C1Cc2ccccc2O1. The highest BCUT2D eigenvalue weighted by Gasteiger charge is 2.29. The number of nitrogens with one attached hydrogen (secondary N) is 1. The molecule has 1 aliphatic rings. The second kappa shape index (κ2) is 5.79. The first-order valence-electron chi connectivity index (χ1n) is 6.82. The van der Waals surface area contributed by atoms with Gasteiger partial charge in [0.25, 0.3) is 0 Å². The molecule has 3 nitrogen and oxygen atoms in total. The Morgan fingerprint density at radius 2 is 2.00 bits per heavy atom. The molecule has 3 rings (SSSR count). The average Bonchev–Trinajstić information content (AvgIpc) is 2.92. The summed E-state index contributed by atoms with van der Waals surface area (Å²) in [5, 5.41) is 0. The van der Waals surface area contributed by atoms with E-state index in [0.717, 1.165) is 23.8 Å². The van der Waals surface area contributed by atoms with E-state index in [2.05, 4.69) is 5.43 Å². The molecule has 2 atom stereocenters. The molecule has 2 aromatic rings. The molecule has 110 valence electrons. The number of ether oxygens (including phenoxy) is 1. The Balaban J connectivity index is 1.73. The van der Waals surface area contributed by atoms with Crippen LogP contribution in [-0.2, 0) is 12.8 Å². The van der Waals surface area contributed by atoms with Crippen molar-refractivity contribution < 1.29 is 13.5 Å². The number of hydrogen-bond acceptors (Lipinski definition) is 3. The summed E-state index contributed by atoms with van der Waals surface area (Å²) in [7, 11) is 0. The first-order valence-corrected chi connectivity index (χ1v) is 6.82. The van der Waals surface area contributed by atoms with Crippen molar-refractivity contribution in [1.82, 2.24) is 5.43 Å². The van der Waals surface area contributed by atoms with Gasteiger partial charge in [-0.25, -0.2) is 8.78 Å². The van der Waals surface area contributed by atoms with Gasteiger partial charge in [-0.05, 0) is 35.7 Å². The summed E-state index contributed by atoms with van der Waals surface area (Å²) in [5.41, 5.74) is 4.53. The van der Waals surface area contributed by atoms with Gasteiger partial charge in [-0.3, -0.25) is 11.3 Å². The van der Waals surface area contributed by atoms with Crippen LogP contribution in [0.4, 0.5) is 8.78 Å². The topological polar surface area (TPSA) is 47.3 Å². The molecular formula is C16H16F2N2O. The van der Waals surface area contributed by atoms with Crippen molar-refractivity contribution in [3.63, 3.8) is 0 Å². The fraction of sp³-hybridized carbons (Fsp3) is 0.250. The van der Waals surface area contributed by atoms with Crippen LogP contribution in [-0.4, -0.2) is 12.1 Å². The lowest BCUT2D eigenvalue weighted by molar-refractivity contribution is 0.177. The van der Waals surface area contributed by atoms with Crippen molar-refractivity contribution in [2.45, 2.75) is 25.0 Å². The van der Waals surface area contributed by atoms with Crippen LogP contribution in [0, 0.1) is 11.6 Å². The summed E-state index contributed by atoms with van der Waals surface area (Å²) in [6.07, 6.45) is 1.08. The molecule has 0 aliphatic carbocycles. The van der Waals surface area contributed by atoms with Gasteiger partial charge in [-0.1, -0.05) is 24.3 Å². The zero-order valence-corrected chi connectivity index (χ0v) is 11.4. The lowest BCUT2D eigenvalue weighted by Crippen LogP contribution is -2.47. The van der Waals surface area contributed by atoms with E-state index in [-0.39, 0.29) is 12.1 Å². The van der Waals surface area contributed by atoms with E-state index in [1.807, 2.05) is 24.3 Å². The predicted molar refractivity (Wildman–Crippen MR) is 75.7 cm³/mol. The number of rotatable bonds is 4. The lowest BCUT2D eigenvalue weighted by Gasteiger charge is -2.22. The van der Waals surface area contributed by atoms with E-state index in [4.69, 9.17) is 10.6 Å². The first kappa shape index (κ1) is 14.0. The maximum absolute atomic E-state index is 13.3. The van der Waals surface area contributed by atoms with Gasteiger partial charge in [-0.2, -0.15) is 0 Å². The van der Waals surface area contributed by atoms with Crippen LogP contribution in [0.3, 0.4) is 0 Å². The Labute approximate surface area is 121 Å². The van der Waals surface area contributed by atoms with Crippen molar-refractivity contribution in [2.75, 3.05) is 0 Å². The molecule has 21 heavy (non-hydrogen) atoms. The van der Waals surface area contributed by atoms with Crippen LogP contribution < -0.4 is 16.0 Å². The Morgan fingerprint density at radius 3 is 2.71 bits per heavy atom. The second-order valence-electron chi connectivity index (χ2n) is 5.19. The number of halogens is 2. The van der Waals surface area contributed by atoms with Crippen LogP contribution >= 0.6 is 0 Å². The zero-order chi connectivity index (χ0) is 14.8. The summed E-state index contributed by atoms with van der Waals surface area (Å²) < 4.78 is 32.1. The molecule has 0 saturated heterocycles. The largest absolute Gasteiger partial charge is 0.488 e. The summed E-state index contributed by atoms with van der Waals surface area (Å²) in [6.45, 7) is 0. The number of hydrogen-bond donors (Lipinski definition) is 2. The first-order chi connectivity index (χ1) is 10.2. The molecule has 0 saturated carbocycles. The van der Waals surface area contributed by atoms with E-state index in [9.17, 15) is 8.78 Å². The molecule has 5 heteroatoms.